The van der Waals surface area contributed by atoms with E-state index in [1.54, 1.807) is 14.1 Å². The van der Waals surface area contributed by atoms with E-state index in [4.69, 9.17) is 0 Å². The zero-order valence-electron chi connectivity index (χ0n) is 35.1. The van der Waals surface area contributed by atoms with Gasteiger partial charge < -0.3 is 40.4 Å². The first-order valence-electron chi connectivity index (χ1n) is 18.6. The summed E-state index contributed by atoms with van der Waals surface area (Å²) in [5.41, 5.74) is -0.237. The fourth-order valence-corrected chi connectivity index (χ4v) is 7.98. The summed E-state index contributed by atoms with van der Waals surface area (Å²) in [5.74, 6) is -1.77. The van der Waals surface area contributed by atoms with Crippen molar-refractivity contribution in [3.8, 4) is 0 Å². The van der Waals surface area contributed by atoms with E-state index in [9.17, 15) is 62.1 Å². The summed E-state index contributed by atoms with van der Waals surface area (Å²) in [4.78, 5) is 29.9. The summed E-state index contributed by atoms with van der Waals surface area (Å²) in [6.07, 6.45) is 0.678. The monoisotopic (exact) mass is 976 g/mol. The van der Waals surface area contributed by atoms with Crippen molar-refractivity contribution in [2.75, 3.05) is 96.1 Å². The van der Waals surface area contributed by atoms with Gasteiger partial charge >= 0.3 is 0 Å². The molecule has 0 spiro atoms. The third kappa shape index (κ3) is 15.7. The van der Waals surface area contributed by atoms with Gasteiger partial charge in [0.15, 0.2) is 0 Å². The first kappa shape index (κ1) is 51.2. The molecule has 4 rings (SSSR count). The van der Waals surface area contributed by atoms with Gasteiger partial charge in [-0.25, -0.2) is 0 Å². The Morgan fingerprint density at radius 1 is 0.531 bits per heavy atom. The van der Waals surface area contributed by atoms with E-state index in [1.807, 2.05) is 0 Å². The van der Waals surface area contributed by atoms with Gasteiger partial charge in [0.1, 0.15) is 9.79 Å². The van der Waals surface area contributed by atoms with Crippen LogP contribution >= 0.6 is 0 Å². The number of aliphatic hydroxyl groups excluding tert-OH is 2. The Bertz CT molecular complexity index is 2610. The molecule has 352 valence electrons. The van der Waals surface area contributed by atoms with Crippen LogP contribution in [-0.4, -0.2) is 170 Å². The zero-order chi connectivity index (χ0) is 47.9. The van der Waals surface area contributed by atoms with Crippen LogP contribution in [0.1, 0.15) is 25.0 Å². The number of benzene rings is 2. The van der Waals surface area contributed by atoms with Crippen LogP contribution < -0.4 is 30.2 Å². The molecule has 0 aliphatic rings. The van der Waals surface area contributed by atoms with Crippen molar-refractivity contribution < 1.29 is 62.1 Å². The number of hydrogen-bond acceptors (Lipinski definition) is 22. The molecule has 2 aromatic heterocycles. The molecule has 30 heteroatoms. The molecule has 2 aromatic carbocycles. The van der Waals surface area contributed by atoms with Crippen LogP contribution in [0.25, 0.3) is 12.2 Å². The van der Waals surface area contributed by atoms with Gasteiger partial charge in [-0.2, -0.15) is 63.6 Å². The molecule has 0 amide bonds. The van der Waals surface area contributed by atoms with E-state index in [1.165, 1.54) is 71.8 Å². The van der Waals surface area contributed by atoms with E-state index in [-0.39, 0.29) is 84.4 Å². The molecule has 0 fully saturated rings. The van der Waals surface area contributed by atoms with Crippen LogP contribution in [0.15, 0.2) is 46.2 Å². The van der Waals surface area contributed by atoms with Crippen LogP contribution in [0, 0.1) is 0 Å². The Kier molecular flexibility index (Phi) is 16.5. The Balaban J connectivity index is 1.70. The first-order chi connectivity index (χ1) is 29.5. The summed E-state index contributed by atoms with van der Waals surface area (Å²) in [7, 11) is -12.6. The molecule has 26 nitrogen and oxygen atoms in total. The number of rotatable bonds is 22. The fraction of sp³-hybridized carbons (Fsp3) is 0.412. The van der Waals surface area contributed by atoms with Crippen molar-refractivity contribution in [2.24, 2.45) is 0 Å². The second-order valence-corrected chi connectivity index (χ2v) is 20.4. The Morgan fingerprint density at radius 3 is 1.12 bits per heavy atom. The maximum atomic E-state index is 12.7. The number of likely N-dealkylation sites (N-methyl/N-ethyl adjacent to an activating group) is 2. The molecule has 0 saturated carbocycles. The molecular formula is C34H48N12O14S4. The van der Waals surface area contributed by atoms with Gasteiger partial charge in [0.25, 0.3) is 40.5 Å². The minimum Gasteiger partial charge on any atom is -0.392 e. The van der Waals surface area contributed by atoms with Gasteiger partial charge in [0.2, 0.25) is 35.7 Å². The number of nitrogens with one attached hydrogen (secondary N) is 2. The lowest BCUT2D eigenvalue weighted by Gasteiger charge is -2.22. The fourth-order valence-electron chi connectivity index (χ4n) is 5.55. The highest BCUT2D eigenvalue weighted by molar-refractivity contribution is 7.86. The predicted octanol–water partition coefficient (Wildman–Crippen LogP) is 0.490. The van der Waals surface area contributed by atoms with Crippen LogP contribution in [0.2, 0.25) is 0 Å². The van der Waals surface area contributed by atoms with Crippen molar-refractivity contribution in [2.45, 2.75) is 35.8 Å². The minimum absolute atomic E-state index is 0.0158. The van der Waals surface area contributed by atoms with Gasteiger partial charge in [-0.1, -0.05) is 24.3 Å². The van der Waals surface area contributed by atoms with Crippen molar-refractivity contribution in [1.29, 1.82) is 0 Å². The van der Waals surface area contributed by atoms with E-state index in [0.717, 1.165) is 24.3 Å². The maximum absolute atomic E-state index is 12.7. The second kappa shape index (κ2) is 20.6. The third-order valence-electron chi connectivity index (χ3n) is 8.57. The summed E-state index contributed by atoms with van der Waals surface area (Å²) >= 11 is 0. The molecule has 2 unspecified atom stereocenters. The number of aliphatic hydroxyl groups is 2. The number of aromatic nitrogens is 6. The van der Waals surface area contributed by atoms with Crippen LogP contribution in [0.3, 0.4) is 0 Å². The Morgan fingerprint density at radius 2 is 0.844 bits per heavy atom. The van der Waals surface area contributed by atoms with Crippen LogP contribution in [-0.2, 0) is 40.5 Å². The number of hydrogen-bond donors (Lipinski definition) is 8. The van der Waals surface area contributed by atoms with Gasteiger partial charge in [0, 0.05) is 65.7 Å². The largest absolute Gasteiger partial charge is 0.392 e. The minimum atomic E-state index is -4.98. The second-order valence-electron chi connectivity index (χ2n) is 14.4. The van der Waals surface area contributed by atoms with Crippen LogP contribution in [0.4, 0.5) is 47.1 Å². The average Bonchev–Trinajstić information content (AvgIpc) is 3.16. The molecule has 2 heterocycles. The molecule has 0 aliphatic carbocycles. The van der Waals surface area contributed by atoms with Crippen molar-refractivity contribution in [1.82, 2.24) is 29.9 Å². The van der Waals surface area contributed by atoms with E-state index in [2.05, 4.69) is 40.5 Å². The molecule has 0 bridgehead atoms. The molecule has 4 aromatic rings. The van der Waals surface area contributed by atoms with Gasteiger partial charge in [0.05, 0.1) is 23.7 Å². The van der Waals surface area contributed by atoms with Crippen molar-refractivity contribution in [3.05, 3.63) is 47.5 Å². The molecular weight excluding hydrogens is 929 g/mol. The quantitative estimate of drug-likeness (QED) is 0.0392. The lowest BCUT2D eigenvalue weighted by atomic mass is 10.1. The van der Waals surface area contributed by atoms with E-state index < -0.39 is 74.0 Å². The molecule has 64 heavy (non-hydrogen) atoms. The highest BCUT2D eigenvalue weighted by Gasteiger charge is 2.22. The van der Waals surface area contributed by atoms with Gasteiger partial charge in [-0.3, -0.25) is 18.2 Å². The first-order valence-corrected chi connectivity index (χ1v) is 24.7. The normalized spacial score (nSPS) is 13.4. The molecule has 8 N–H and O–H groups in total. The Labute approximate surface area is 369 Å². The van der Waals surface area contributed by atoms with Gasteiger partial charge in [-0.05, 0) is 49.2 Å². The lowest BCUT2D eigenvalue weighted by Crippen LogP contribution is -2.31. The molecule has 0 radical (unpaired) electrons. The predicted molar refractivity (Wildman–Crippen MR) is 237 cm³/mol. The summed E-state index contributed by atoms with van der Waals surface area (Å²) in [6.45, 7) is 2.70. The van der Waals surface area contributed by atoms with Crippen molar-refractivity contribution >= 4 is 99.7 Å². The topological polar surface area (TPSA) is 372 Å². The van der Waals surface area contributed by atoms with E-state index in [0.29, 0.717) is 0 Å². The summed E-state index contributed by atoms with van der Waals surface area (Å²) in [6, 6.07) is 7.28. The molecule has 2 atom stereocenters. The van der Waals surface area contributed by atoms with Crippen molar-refractivity contribution in [3.63, 3.8) is 0 Å². The Hall–Kier alpha value is -5.44. The molecule has 0 saturated heterocycles. The maximum Gasteiger partial charge on any atom is 0.295 e. The standard InChI is InChI=1S/C34H48N12O14S4/c1-21(47)19-45(5)33-39-29(37-31(41-33)43(3)13-15-61(49,50)51)35-25-11-9-23(27(17-25)63(55,56)57)7-8-24-10-12-26(18-28(24)64(58,59)60)36-30-38-32(44(4)14-16-62(52,53)54)42-34(40-30)46(6)20-22(2)48/h7-12,17-18,21-22,47-48H,13-16,19-20H2,1-6H3,(H,49,50,51)(H,52,53,54)(H,55,56,57)(H,58,59,60)(H,35,37,39,41)(H,36,38,40,42). The SMILES string of the molecule is CC(O)CN(C)c1nc(Nc2ccc(C=Cc3ccc(Nc4nc(N(C)CCS(=O)(=O)O)nc(N(C)CC(C)O)n4)cc3S(=O)(=O)O)c(S(=O)(=O)O)c2)nc(N(C)CCS(=O)(=O)O)n1. The third-order valence-corrected chi connectivity index (χ3v) is 11.8. The number of nitrogens with zero attached hydrogens (tertiary/aromatic N) is 10. The zero-order valence-corrected chi connectivity index (χ0v) is 38.3. The van der Waals surface area contributed by atoms with Crippen LogP contribution in [0.5, 0.6) is 0 Å². The van der Waals surface area contributed by atoms with E-state index >= 15 is 0 Å². The molecule has 0 aliphatic heterocycles. The number of anilines is 8. The average molecular weight is 977 g/mol. The smallest absolute Gasteiger partial charge is 0.295 e. The summed E-state index contributed by atoms with van der Waals surface area (Å²) in [5, 5.41) is 25.4. The highest BCUT2D eigenvalue weighted by Crippen LogP contribution is 2.29. The summed E-state index contributed by atoms with van der Waals surface area (Å²) < 4.78 is 135. The van der Waals surface area contributed by atoms with Gasteiger partial charge in [-0.15, -0.1) is 0 Å². The highest BCUT2D eigenvalue weighted by atomic mass is 32.2. The lowest BCUT2D eigenvalue weighted by molar-refractivity contribution is 0.200.